The summed E-state index contributed by atoms with van der Waals surface area (Å²) >= 11 is 0. The molecule has 0 unspecified atom stereocenters. The molecule has 3 aromatic rings. The molecular weight excluding hydrogens is 371 g/mol. The Hall–Kier alpha value is -3.35. The third-order valence-corrected chi connectivity index (χ3v) is 3.83. The van der Waals surface area contributed by atoms with Crippen LogP contribution in [0, 0.1) is 0 Å². The molecule has 3 rings (SSSR count). The van der Waals surface area contributed by atoms with Gasteiger partial charge in [-0.1, -0.05) is 36.4 Å². The van der Waals surface area contributed by atoms with Crippen LogP contribution in [0.4, 0.5) is 13.2 Å². The van der Waals surface area contributed by atoms with Gasteiger partial charge in [-0.25, -0.2) is 4.98 Å². The molecule has 2 aromatic carbocycles. The highest BCUT2D eigenvalue weighted by molar-refractivity contribution is 5.82. The molecule has 28 heavy (non-hydrogen) atoms. The van der Waals surface area contributed by atoms with Crippen molar-refractivity contribution in [1.82, 2.24) is 4.98 Å². The smallest absolute Gasteiger partial charge is 0.422 e. The second-order valence-electron chi connectivity index (χ2n) is 5.93. The van der Waals surface area contributed by atoms with Crippen LogP contribution in [-0.4, -0.2) is 24.1 Å². The Balaban J connectivity index is 1.70. The number of hydrogen-bond donors (Lipinski definition) is 0. The minimum atomic E-state index is -4.47. The van der Waals surface area contributed by atoms with Crippen molar-refractivity contribution in [3.05, 3.63) is 78.0 Å². The first kappa shape index (κ1) is 19.4. The van der Waals surface area contributed by atoms with E-state index in [9.17, 15) is 18.0 Å². The van der Waals surface area contributed by atoms with Crippen LogP contribution in [0.5, 0.6) is 11.6 Å². The monoisotopic (exact) mass is 387 g/mol. The van der Waals surface area contributed by atoms with E-state index < -0.39 is 12.8 Å². The van der Waals surface area contributed by atoms with Gasteiger partial charge in [0.15, 0.2) is 12.9 Å². The second kappa shape index (κ2) is 8.56. The summed E-state index contributed by atoms with van der Waals surface area (Å²) in [7, 11) is 0. The summed E-state index contributed by atoms with van der Waals surface area (Å²) in [6.07, 6.45) is -2.45. The van der Waals surface area contributed by atoms with E-state index in [2.05, 4.69) is 9.72 Å². The molecule has 0 atom stereocenters. The number of pyridine rings is 1. The Morgan fingerprint density at radius 1 is 0.929 bits per heavy atom. The average molecular weight is 387 g/mol. The normalized spacial score (nSPS) is 11.1. The van der Waals surface area contributed by atoms with Crippen LogP contribution in [0.25, 0.3) is 11.1 Å². The van der Waals surface area contributed by atoms with Crippen molar-refractivity contribution in [2.24, 2.45) is 0 Å². The number of benzene rings is 2. The van der Waals surface area contributed by atoms with Gasteiger partial charge in [0.2, 0.25) is 5.88 Å². The summed E-state index contributed by atoms with van der Waals surface area (Å²) in [5.74, 6) is 0.320. The standard InChI is InChI=1S/C21H16F3NO3/c22-21(23,24)14-28-19-8-6-16(10-18(19)12-26)17-7-9-20(25-11-17)27-13-15-4-2-1-3-5-15/h1-12H,13-14H2. The predicted molar refractivity (Wildman–Crippen MR) is 97.4 cm³/mol. The molecule has 4 nitrogen and oxygen atoms in total. The zero-order valence-corrected chi connectivity index (χ0v) is 14.6. The van der Waals surface area contributed by atoms with Gasteiger partial charge in [0.25, 0.3) is 0 Å². The van der Waals surface area contributed by atoms with E-state index >= 15 is 0 Å². The Bertz CT molecular complexity index is 926. The molecule has 144 valence electrons. The molecule has 7 heteroatoms. The lowest BCUT2D eigenvalue weighted by Crippen LogP contribution is -2.19. The van der Waals surface area contributed by atoms with Crippen LogP contribution in [-0.2, 0) is 6.61 Å². The fourth-order valence-corrected chi connectivity index (χ4v) is 2.48. The molecule has 0 spiro atoms. The second-order valence-corrected chi connectivity index (χ2v) is 5.93. The van der Waals surface area contributed by atoms with Gasteiger partial charge in [-0.2, -0.15) is 13.2 Å². The Morgan fingerprint density at radius 2 is 1.68 bits per heavy atom. The third kappa shape index (κ3) is 5.33. The number of aldehydes is 1. The van der Waals surface area contributed by atoms with Gasteiger partial charge in [-0.05, 0) is 29.3 Å². The van der Waals surface area contributed by atoms with E-state index in [-0.39, 0.29) is 11.3 Å². The summed E-state index contributed by atoms with van der Waals surface area (Å²) in [6.45, 7) is -1.07. The van der Waals surface area contributed by atoms with E-state index in [1.807, 2.05) is 30.3 Å². The molecule has 0 amide bonds. The Morgan fingerprint density at radius 3 is 2.32 bits per heavy atom. The van der Waals surface area contributed by atoms with Crippen molar-refractivity contribution in [3.63, 3.8) is 0 Å². The molecule has 0 bridgehead atoms. The van der Waals surface area contributed by atoms with Gasteiger partial charge in [0.1, 0.15) is 12.4 Å². The summed E-state index contributed by atoms with van der Waals surface area (Å²) in [4.78, 5) is 15.4. The molecule has 0 saturated carbocycles. The minimum Gasteiger partial charge on any atom is -0.483 e. The summed E-state index contributed by atoms with van der Waals surface area (Å²) < 4.78 is 47.2. The van der Waals surface area contributed by atoms with E-state index in [1.165, 1.54) is 12.1 Å². The van der Waals surface area contributed by atoms with Crippen molar-refractivity contribution < 1.29 is 27.4 Å². The first-order valence-electron chi connectivity index (χ1n) is 8.36. The molecule has 0 aliphatic rings. The molecule has 1 aromatic heterocycles. The molecule has 0 fully saturated rings. The minimum absolute atomic E-state index is 0.0335. The quantitative estimate of drug-likeness (QED) is 0.531. The van der Waals surface area contributed by atoms with Crippen LogP contribution in [0.2, 0.25) is 0 Å². The number of halogens is 3. The number of aromatic nitrogens is 1. The zero-order valence-electron chi connectivity index (χ0n) is 14.6. The summed E-state index contributed by atoms with van der Waals surface area (Å²) in [6, 6.07) is 17.5. The number of ether oxygens (including phenoxy) is 2. The first-order valence-corrected chi connectivity index (χ1v) is 8.36. The third-order valence-electron chi connectivity index (χ3n) is 3.83. The van der Waals surface area contributed by atoms with Crippen LogP contribution in [0.1, 0.15) is 15.9 Å². The van der Waals surface area contributed by atoms with E-state index in [4.69, 9.17) is 4.74 Å². The largest absolute Gasteiger partial charge is 0.483 e. The Kier molecular flexibility index (Phi) is 5.93. The molecule has 0 radical (unpaired) electrons. The number of alkyl halides is 3. The van der Waals surface area contributed by atoms with Crippen molar-refractivity contribution in [2.45, 2.75) is 12.8 Å². The predicted octanol–water partition coefficient (Wildman–Crippen LogP) is 5.08. The fraction of sp³-hybridized carbons (Fsp3) is 0.143. The number of hydrogen-bond acceptors (Lipinski definition) is 4. The zero-order chi connectivity index (χ0) is 20.0. The van der Waals surface area contributed by atoms with Crippen molar-refractivity contribution in [2.75, 3.05) is 6.61 Å². The average Bonchev–Trinajstić information content (AvgIpc) is 2.71. The van der Waals surface area contributed by atoms with Gasteiger partial charge >= 0.3 is 6.18 Å². The SMILES string of the molecule is O=Cc1cc(-c2ccc(OCc3ccccc3)nc2)ccc1OCC(F)(F)F. The van der Waals surface area contributed by atoms with Crippen molar-refractivity contribution in [3.8, 4) is 22.8 Å². The van der Waals surface area contributed by atoms with Gasteiger partial charge in [-0.15, -0.1) is 0 Å². The Labute approximate surface area is 159 Å². The lowest BCUT2D eigenvalue weighted by Gasteiger charge is -2.12. The van der Waals surface area contributed by atoms with Gasteiger partial charge in [0, 0.05) is 17.8 Å². The number of rotatable bonds is 7. The lowest BCUT2D eigenvalue weighted by atomic mass is 10.0. The summed E-state index contributed by atoms with van der Waals surface area (Å²) in [5.41, 5.74) is 2.37. The van der Waals surface area contributed by atoms with Crippen LogP contribution in [0.15, 0.2) is 66.9 Å². The summed E-state index contributed by atoms with van der Waals surface area (Å²) in [5, 5.41) is 0. The van der Waals surface area contributed by atoms with E-state index in [0.29, 0.717) is 29.9 Å². The first-order chi connectivity index (χ1) is 13.4. The molecule has 0 aliphatic heterocycles. The maximum Gasteiger partial charge on any atom is 0.422 e. The van der Waals surface area contributed by atoms with Crippen molar-refractivity contribution >= 4 is 6.29 Å². The highest BCUT2D eigenvalue weighted by Crippen LogP contribution is 2.27. The molecule has 1 heterocycles. The topological polar surface area (TPSA) is 48.4 Å². The molecule has 0 aliphatic carbocycles. The maximum absolute atomic E-state index is 12.3. The number of nitrogens with zero attached hydrogens (tertiary/aromatic N) is 1. The van der Waals surface area contributed by atoms with Crippen LogP contribution < -0.4 is 9.47 Å². The van der Waals surface area contributed by atoms with Crippen molar-refractivity contribution in [1.29, 1.82) is 0 Å². The van der Waals surface area contributed by atoms with E-state index in [0.717, 1.165) is 5.56 Å². The molecule has 0 saturated heterocycles. The highest BCUT2D eigenvalue weighted by Gasteiger charge is 2.28. The van der Waals surface area contributed by atoms with Gasteiger partial charge in [0.05, 0.1) is 5.56 Å². The van der Waals surface area contributed by atoms with E-state index in [1.54, 1.807) is 24.4 Å². The fourth-order valence-electron chi connectivity index (χ4n) is 2.48. The lowest BCUT2D eigenvalue weighted by molar-refractivity contribution is -0.153. The maximum atomic E-state index is 12.3. The van der Waals surface area contributed by atoms with Gasteiger partial charge in [-0.3, -0.25) is 4.79 Å². The molecule has 0 N–H and O–H groups in total. The van der Waals surface area contributed by atoms with Gasteiger partial charge < -0.3 is 9.47 Å². The highest BCUT2D eigenvalue weighted by atomic mass is 19.4. The number of carbonyl (C=O) groups is 1. The van der Waals surface area contributed by atoms with Crippen LogP contribution in [0.3, 0.4) is 0 Å². The molecular formula is C21H16F3NO3. The van der Waals surface area contributed by atoms with Crippen LogP contribution >= 0.6 is 0 Å². The number of carbonyl (C=O) groups excluding carboxylic acids is 1.